The summed E-state index contributed by atoms with van der Waals surface area (Å²) in [6, 6.07) is 15.6. The van der Waals surface area contributed by atoms with Crippen LogP contribution in [0.25, 0.3) is 0 Å². The Bertz CT molecular complexity index is 833. The molecule has 1 heterocycles. The van der Waals surface area contributed by atoms with Crippen molar-refractivity contribution < 1.29 is 13.2 Å². The second-order valence-corrected chi connectivity index (χ2v) is 7.86. The predicted octanol–water partition coefficient (Wildman–Crippen LogP) is 3.42. The average Bonchev–Trinajstić information content (AvgIpc) is 2.63. The number of hydrogen-bond acceptors (Lipinski definition) is 3. The summed E-state index contributed by atoms with van der Waals surface area (Å²) < 4.78 is 27.3. The van der Waals surface area contributed by atoms with E-state index in [-0.39, 0.29) is 10.8 Å². The van der Waals surface area contributed by atoms with Crippen LogP contribution in [0.5, 0.6) is 0 Å². The normalized spacial score (nSPS) is 15.2. The third kappa shape index (κ3) is 3.54. The molecule has 1 fully saturated rings. The lowest BCUT2D eigenvalue weighted by Gasteiger charge is -2.27. The van der Waals surface area contributed by atoms with Gasteiger partial charge in [-0.15, -0.1) is 0 Å². The first-order chi connectivity index (χ1) is 12.0. The van der Waals surface area contributed by atoms with Crippen molar-refractivity contribution in [3.05, 3.63) is 54.6 Å². The molecule has 0 aliphatic carbocycles. The van der Waals surface area contributed by atoms with E-state index >= 15 is 0 Å². The summed E-state index contributed by atoms with van der Waals surface area (Å²) in [4.78, 5) is 14.0. The van der Waals surface area contributed by atoms with Crippen LogP contribution in [0.2, 0.25) is 0 Å². The molecular weight excluding hydrogens is 336 g/mol. The first-order valence-corrected chi connectivity index (χ1v) is 9.96. The van der Waals surface area contributed by atoms with Gasteiger partial charge in [0.05, 0.1) is 10.6 Å². The van der Waals surface area contributed by atoms with Gasteiger partial charge in [0.25, 0.3) is 10.0 Å². The van der Waals surface area contributed by atoms with Crippen LogP contribution in [0.4, 0.5) is 11.4 Å². The van der Waals surface area contributed by atoms with Gasteiger partial charge in [-0.05, 0) is 56.2 Å². The zero-order chi connectivity index (χ0) is 17.9. The molecule has 1 saturated heterocycles. The van der Waals surface area contributed by atoms with Crippen LogP contribution in [0.3, 0.4) is 0 Å². The molecule has 2 aromatic carbocycles. The van der Waals surface area contributed by atoms with Crippen LogP contribution in [0.15, 0.2) is 59.5 Å². The van der Waals surface area contributed by atoms with E-state index in [4.69, 9.17) is 0 Å². The second-order valence-electron chi connectivity index (χ2n) is 6.00. The number of nitrogens with zero attached hydrogens (tertiary/aromatic N) is 2. The average molecular weight is 358 g/mol. The maximum Gasteiger partial charge on any atom is 0.264 e. The molecule has 132 valence electrons. The molecule has 0 saturated carbocycles. The molecule has 2 aromatic rings. The molecule has 0 bridgehead atoms. The van der Waals surface area contributed by atoms with E-state index in [1.165, 1.54) is 4.31 Å². The monoisotopic (exact) mass is 358 g/mol. The SMILES string of the molecule is CCN(c1ccccc1)S(=O)(=O)c1ccc(N2CCCCC2=O)cc1. The Morgan fingerprint density at radius 3 is 2.28 bits per heavy atom. The molecule has 0 atom stereocenters. The van der Waals surface area contributed by atoms with Gasteiger partial charge in [-0.25, -0.2) is 8.42 Å². The number of piperidine rings is 1. The number of carbonyl (C=O) groups is 1. The first-order valence-electron chi connectivity index (χ1n) is 8.52. The summed E-state index contributed by atoms with van der Waals surface area (Å²) in [5.74, 6) is 0.0985. The molecule has 25 heavy (non-hydrogen) atoms. The van der Waals surface area contributed by atoms with Crippen LogP contribution < -0.4 is 9.21 Å². The predicted molar refractivity (Wildman–Crippen MR) is 99.3 cm³/mol. The smallest absolute Gasteiger partial charge is 0.264 e. The van der Waals surface area contributed by atoms with Gasteiger partial charge in [0.15, 0.2) is 0 Å². The van der Waals surface area contributed by atoms with Crippen molar-refractivity contribution >= 4 is 27.3 Å². The van der Waals surface area contributed by atoms with E-state index in [1.807, 2.05) is 25.1 Å². The fraction of sp³-hybridized carbons (Fsp3) is 0.316. The van der Waals surface area contributed by atoms with E-state index < -0.39 is 10.0 Å². The quantitative estimate of drug-likeness (QED) is 0.823. The number of hydrogen-bond donors (Lipinski definition) is 0. The van der Waals surface area contributed by atoms with Crippen molar-refractivity contribution in [3.63, 3.8) is 0 Å². The Morgan fingerprint density at radius 2 is 1.68 bits per heavy atom. The van der Waals surface area contributed by atoms with Crippen LogP contribution >= 0.6 is 0 Å². The van der Waals surface area contributed by atoms with Crippen LogP contribution in [0.1, 0.15) is 26.2 Å². The largest absolute Gasteiger partial charge is 0.312 e. The van der Waals surface area contributed by atoms with Crippen LogP contribution in [0, 0.1) is 0 Å². The van der Waals surface area contributed by atoms with Crippen molar-refractivity contribution in [2.75, 3.05) is 22.3 Å². The molecule has 0 radical (unpaired) electrons. The minimum atomic E-state index is -3.64. The number of rotatable bonds is 5. The second kappa shape index (κ2) is 7.27. The van der Waals surface area contributed by atoms with Crippen molar-refractivity contribution in [1.29, 1.82) is 0 Å². The Labute approximate surface area is 148 Å². The molecule has 1 amide bonds. The lowest BCUT2D eigenvalue weighted by Crippen LogP contribution is -2.35. The number of amides is 1. The van der Waals surface area contributed by atoms with Crippen LogP contribution in [-0.2, 0) is 14.8 Å². The standard InChI is InChI=1S/C19H22N2O3S/c1-2-21(17-8-4-3-5-9-17)25(23,24)18-13-11-16(12-14-18)20-15-7-6-10-19(20)22/h3-5,8-9,11-14H,2,6-7,10,15H2,1H3. The minimum Gasteiger partial charge on any atom is -0.312 e. The summed E-state index contributed by atoms with van der Waals surface area (Å²) in [7, 11) is -3.64. The van der Waals surface area contributed by atoms with E-state index in [0.717, 1.165) is 18.5 Å². The van der Waals surface area contributed by atoms with Gasteiger partial charge < -0.3 is 4.90 Å². The third-order valence-corrected chi connectivity index (χ3v) is 6.31. The first kappa shape index (κ1) is 17.5. The highest BCUT2D eigenvalue weighted by Crippen LogP contribution is 2.26. The third-order valence-electron chi connectivity index (χ3n) is 4.39. The highest BCUT2D eigenvalue weighted by Gasteiger charge is 2.24. The molecule has 0 spiro atoms. The zero-order valence-electron chi connectivity index (χ0n) is 14.3. The van der Waals surface area contributed by atoms with E-state index in [2.05, 4.69) is 0 Å². The molecular formula is C19H22N2O3S. The summed E-state index contributed by atoms with van der Waals surface area (Å²) in [5, 5.41) is 0. The fourth-order valence-electron chi connectivity index (χ4n) is 3.09. The van der Waals surface area contributed by atoms with Gasteiger partial charge in [-0.2, -0.15) is 0 Å². The zero-order valence-corrected chi connectivity index (χ0v) is 15.1. The maximum atomic E-state index is 13.0. The number of para-hydroxylation sites is 1. The Kier molecular flexibility index (Phi) is 5.08. The van der Waals surface area contributed by atoms with Crippen molar-refractivity contribution in [1.82, 2.24) is 0 Å². The Morgan fingerprint density at radius 1 is 1.00 bits per heavy atom. The van der Waals surface area contributed by atoms with Crippen molar-refractivity contribution in [2.45, 2.75) is 31.1 Å². The molecule has 1 aliphatic heterocycles. The highest BCUT2D eigenvalue weighted by molar-refractivity contribution is 7.92. The van der Waals surface area contributed by atoms with E-state index in [1.54, 1.807) is 41.3 Å². The van der Waals surface area contributed by atoms with Gasteiger partial charge in [-0.1, -0.05) is 18.2 Å². The van der Waals surface area contributed by atoms with Gasteiger partial charge in [0.2, 0.25) is 5.91 Å². The van der Waals surface area contributed by atoms with Gasteiger partial charge in [-0.3, -0.25) is 9.10 Å². The van der Waals surface area contributed by atoms with Crippen LogP contribution in [-0.4, -0.2) is 27.4 Å². The molecule has 3 rings (SSSR count). The summed E-state index contributed by atoms with van der Waals surface area (Å²) in [6.45, 7) is 2.85. The van der Waals surface area contributed by atoms with Gasteiger partial charge in [0.1, 0.15) is 0 Å². The fourth-order valence-corrected chi connectivity index (χ4v) is 4.56. The summed E-state index contributed by atoms with van der Waals surface area (Å²) in [5.41, 5.74) is 1.40. The molecule has 0 N–H and O–H groups in total. The number of carbonyl (C=O) groups excluding carboxylic acids is 1. The molecule has 5 nitrogen and oxygen atoms in total. The maximum absolute atomic E-state index is 13.0. The minimum absolute atomic E-state index is 0.0985. The molecule has 1 aliphatic rings. The van der Waals surface area contributed by atoms with Gasteiger partial charge >= 0.3 is 0 Å². The highest BCUT2D eigenvalue weighted by atomic mass is 32.2. The number of benzene rings is 2. The van der Waals surface area contributed by atoms with Crippen molar-refractivity contribution in [3.8, 4) is 0 Å². The lowest BCUT2D eigenvalue weighted by molar-refractivity contribution is -0.119. The lowest BCUT2D eigenvalue weighted by atomic mass is 10.1. The Hall–Kier alpha value is -2.34. The number of anilines is 2. The Balaban J connectivity index is 1.89. The molecule has 0 aromatic heterocycles. The summed E-state index contributed by atoms with van der Waals surface area (Å²) >= 11 is 0. The van der Waals surface area contributed by atoms with E-state index in [9.17, 15) is 13.2 Å². The number of sulfonamides is 1. The topological polar surface area (TPSA) is 57.7 Å². The van der Waals surface area contributed by atoms with Gasteiger partial charge in [0, 0.05) is 25.2 Å². The molecule has 0 unspecified atom stereocenters. The van der Waals surface area contributed by atoms with Crippen molar-refractivity contribution in [2.24, 2.45) is 0 Å². The molecule has 6 heteroatoms. The van der Waals surface area contributed by atoms with E-state index in [0.29, 0.717) is 25.2 Å². The summed E-state index contributed by atoms with van der Waals surface area (Å²) in [6.07, 6.45) is 2.45.